The molecule has 1 amide bonds. The second-order valence-corrected chi connectivity index (χ2v) is 4.09. The maximum absolute atomic E-state index is 11.8. The average molecular weight is 234 g/mol. The minimum atomic E-state index is -0.391. The van der Waals surface area contributed by atoms with Crippen LogP contribution in [0.2, 0.25) is 0 Å². The Morgan fingerprint density at radius 1 is 1.59 bits per heavy atom. The zero-order valence-corrected chi connectivity index (χ0v) is 9.55. The predicted octanol–water partition coefficient (Wildman–Crippen LogP) is 1.40. The van der Waals surface area contributed by atoms with Gasteiger partial charge in [0.2, 0.25) is 0 Å². The van der Waals surface area contributed by atoms with Crippen LogP contribution in [0.5, 0.6) is 0 Å². The molecule has 0 aromatic carbocycles. The third-order valence-electron chi connectivity index (χ3n) is 2.69. The smallest absolute Gasteiger partial charge is 0.253 e. The molecule has 1 saturated heterocycles. The molecule has 17 heavy (non-hydrogen) atoms. The molecule has 2 unspecified atom stereocenters. The van der Waals surface area contributed by atoms with Crippen LogP contribution in [-0.4, -0.2) is 29.4 Å². The summed E-state index contributed by atoms with van der Waals surface area (Å²) in [5.41, 5.74) is 0.860. The van der Waals surface area contributed by atoms with Gasteiger partial charge in [-0.1, -0.05) is 0 Å². The zero-order valence-electron chi connectivity index (χ0n) is 9.55. The summed E-state index contributed by atoms with van der Waals surface area (Å²) in [6.45, 7) is 1.95. The molecule has 1 aliphatic rings. The lowest BCUT2D eigenvalue weighted by molar-refractivity contribution is -0.126. The second-order valence-electron chi connectivity index (χ2n) is 4.09. The molecule has 2 heterocycles. The van der Waals surface area contributed by atoms with Crippen LogP contribution < -0.4 is 5.32 Å². The fourth-order valence-corrected chi connectivity index (χ4v) is 1.81. The molecular weight excluding hydrogens is 220 g/mol. The topological polar surface area (TPSA) is 68.3 Å². The maximum Gasteiger partial charge on any atom is 0.253 e. The summed E-state index contributed by atoms with van der Waals surface area (Å²) in [4.78, 5) is 26.2. The summed E-state index contributed by atoms with van der Waals surface area (Å²) in [7, 11) is 0. The molecular formula is C12H14N2O3. The van der Waals surface area contributed by atoms with Crippen molar-refractivity contribution in [2.24, 2.45) is 0 Å². The highest BCUT2D eigenvalue weighted by Gasteiger charge is 2.28. The standard InChI is InChI=1S/C12H14N2O3/c1-8-2-3-11(17-8)12(16)14-9-4-5-13-10(6-9)7-15/h4-8,11H,2-3H2,1H3,(H,13,14,16). The Hall–Kier alpha value is -1.75. The number of rotatable bonds is 3. The quantitative estimate of drug-likeness (QED) is 0.803. The van der Waals surface area contributed by atoms with Gasteiger partial charge in [-0.25, -0.2) is 0 Å². The lowest BCUT2D eigenvalue weighted by atomic mass is 10.2. The van der Waals surface area contributed by atoms with Gasteiger partial charge >= 0.3 is 0 Å². The van der Waals surface area contributed by atoms with E-state index in [1.54, 1.807) is 6.07 Å². The van der Waals surface area contributed by atoms with Crippen molar-refractivity contribution in [2.45, 2.75) is 32.0 Å². The summed E-state index contributed by atoms with van der Waals surface area (Å²) < 4.78 is 5.45. The first-order chi connectivity index (χ1) is 8.19. The Bertz CT molecular complexity index is 434. The Labute approximate surface area is 99.2 Å². The second kappa shape index (κ2) is 5.05. The van der Waals surface area contributed by atoms with Crippen molar-refractivity contribution in [3.05, 3.63) is 24.0 Å². The SMILES string of the molecule is CC1CCC(C(=O)Nc2ccnc(C=O)c2)O1. The molecule has 0 aliphatic carbocycles. The lowest BCUT2D eigenvalue weighted by Gasteiger charge is -2.11. The Kier molecular flexibility index (Phi) is 3.49. The van der Waals surface area contributed by atoms with Crippen LogP contribution in [0.25, 0.3) is 0 Å². The van der Waals surface area contributed by atoms with Gasteiger partial charge in [0.25, 0.3) is 5.91 Å². The van der Waals surface area contributed by atoms with Crippen LogP contribution in [0.3, 0.4) is 0 Å². The van der Waals surface area contributed by atoms with Crippen molar-refractivity contribution in [1.29, 1.82) is 0 Å². The van der Waals surface area contributed by atoms with E-state index in [0.29, 0.717) is 17.7 Å². The predicted molar refractivity (Wildman–Crippen MR) is 61.8 cm³/mol. The van der Waals surface area contributed by atoms with Crippen molar-refractivity contribution >= 4 is 17.9 Å². The number of aldehydes is 1. The molecule has 1 aromatic rings. The van der Waals surface area contributed by atoms with E-state index in [2.05, 4.69) is 10.3 Å². The fourth-order valence-electron chi connectivity index (χ4n) is 1.81. The van der Waals surface area contributed by atoms with E-state index in [4.69, 9.17) is 4.74 Å². The summed E-state index contributed by atoms with van der Waals surface area (Å²) in [6, 6.07) is 3.17. The molecule has 5 nitrogen and oxygen atoms in total. The van der Waals surface area contributed by atoms with Crippen molar-refractivity contribution in [3.63, 3.8) is 0 Å². The first-order valence-corrected chi connectivity index (χ1v) is 5.56. The highest BCUT2D eigenvalue weighted by atomic mass is 16.5. The molecule has 2 atom stereocenters. The first-order valence-electron chi connectivity index (χ1n) is 5.56. The molecule has 1 aromatic heterocycles. The number of carbonyl (C=O) groups excluding carboxylic acids is 2. The number of nitrogens with one attached hydrogen (secondary N) is 1. The average Bonchev–Trinajstić information content (AvgIpc) is 2.76. The van der Waals surface area contributed by atoms with E-state index >= 15 is 0 Å². The Morgan fingerprint density at radius 3 is 3.06 bits per heavy atom. The number of carbonyl (C=O) groups is 2. The van der Waals surface area contributed by atoms with E-state index in [9.17, 15) is 9.59 Å². The third-order valence-corrected chi connectivity index (χ3v) is 2.69. The van der Waals surface area contributed by atoms with Crippen LogP contribution >= 0.6 is 0 Å². The highest BCUT2D eigenvalue weighted by molar-refractivity contribution is 5.94. The van der Waals surface area contributed by atoms with Crippen LogP contribution in [-0.2, 0) is 9.53 Å². The molecule has 0 radical (unpaired) electrons. The van der Waals surface area contributed by atoms with Crippen LogP contribution in [0.15, 0.2) is 18.3 Å². The lowest BCUT2D eigenvalue weighted by Crippen LogP contribution is -2.27. The fraction of sp³-hybridized carbons (Fsp3) is 0.417. The van der Waals surface area contributed by atoms with E-state index in [-0.39, 0.29) is 12.0 Å². The van der Waals surface area contributed by atoms with Crippen LogP contribution in [0.1, 0.15) is 30.3 Å². The highest BCUT2D eigenvalue weighted by Crippen LogP contribution is 2.20. The van der Waals surface area contributed by atoms with Gasteiger partial charge in [-0.15, -0.1) is 0 Å². The van der Waals surface area contributed by atoms with E-state index in [1.165, 1.54) is 12.3 Å². The molecule has 5 heteroatoms. The number of hydrogen-bond donors (Lipinski definition) is 1. The molecule has 1 aliphatic heterocycles. The molecule has 90 valence electrons. The third kappa shape index (κ3) is 2.88. The van der Waals surface area contributed by atoms with Crippen LogP contribution in [0.4, 0.5) is 5.69 Å². The van der Waals surface area contributed by atoms with E-state index in [1.807, 2.05) is 6.92 Å². The minimum Gasteiger partial charge on any atom is -0.365 e. The summed E-state index contributed by atoms with van der Waals surface area (Å²) in [5, 5.41) is 2.72. The van der Waals surface area contributed by atoms with Gasteiger partial charge in [-0.2, -0.15) is 0 Å². The van der Waals surface area contributed by atoms with Gasteiger partial charge in [-0.3, -0.25) is 14.6 Å². The number of aromatic nitrogens is 1. The molecule has 0 bridgehead atoms. The number of hydrogen-bond acceptors (Lipinski definition) is 4. The van der Waals surface area contributed by atoms with E-state index < -0.39 is 6.10 Å². The number of nitrogens with zero attached hydrogens (tertiary/aromatic N) is 1. The molecule has 1 fully saturated rings. The molecule has 1 N–H and O–H groups in total. The monoisotopic (exact) mass is 234 g/mol. The van der Waals surface area contributed by atoms with Gasteiger partial charge in [0, 0.05) is 11.9 Å². The number of anilines is 1. The number of ether oxygens (including phenoxy) is 1. The Morgan fingerprint density at radius 2 is 2.41 bits per heavy atom. The Balaban J connectivity index is 2.00. The molecule has 2 rings (SSSR count). The van der Waals surface area contributed by atoms with Gasteiger partial charge < -0.3 is 10.1 Å². The van der Waals surface area contributed by atoms with Crippen molar-refractivity contribution < 1.29 is 14.3 Å². The minimum absolute atomic E-state index is 0.133. The largest absolute Gasteiger partial charge is 0.365 e. The van der Waals surface area contributed by atoms with Gasteiger partial charge in [-0.05, 0) is 31.9 Å². The summed E-state index contributed by atoms with van der Waals surface area (Å²) in [6.07, 6.45) is 3.50. The first kappa shape index (κ1) is 11.7. The molecule has 0 saturated carbocycles. The molecule has 0 spiro atoms. The van der Waals surface area contributed by atoms with E-state index in [0.717, 1.165) is 12.8 Å². The number of pyridine rings is 1. The van der Waals surface area contributed by atoms with Crippen LogP contribution in [0, 0.1) is 0 Å². The van der Waals surface area contributed by atoms with Gasteiger partial charge in [0.05, 0.1) is 6.10 Å². The van der Waals surface area contributed by atoms with Gasteiger partial charge in [0.1, 0.15) is 11.8 Å². The van der Waals surface area contributed by atoms with Crippen molar-refractivity contribution in [2.75, 3.05) is 5.32 Å². The maximum atomic E-state index is 11.8. The zero-order chi connectivity index (χ0) is 12.3. The summed E-state index contributed by atoms with van der Waals surface area (Å²) in [5.74, 6) is -0.169. The van der Waals surface area contributed by atoms with Crippen molar-refractivity contribution in [3.8, 4) is 0 Å². The van der Waals surface area contributed by atoms with Crippen molar-refractivity contribution in [1.82, 2.24) is 4.98 Å². The number of amides is 1. The van der Waals surface area contributed by atoms with Gasteiger partial charge in [0.15, 0.2) is 6.29 Å². The normalized spacial score (nSPS) is 23.4. The summed E-state index contributed by atoms with van der Waals surface area (Å²) >= 11 is 0.